The molecule has 0 unspecified atom stereocenters. The molecule has 6 heteroatoms. The molecule has 1 heterocycles. The Morgan fingerprint density at radius 2 is 1.88 bits per heavy atom. The van der Waals surface area contributed by atoms with Crippen molar-refractivity contribution < 1.29 is 4.74 Å². The molecule has 0 saturated heterocycles. The number of rotatable bonds is 5. The molecule has 0 saturated carbocycles. The molecule has 0 aliphatic rings. The summed E-state index contributed by atoms with van der Waals surface area (Å²) in [5.41, 5.74) is 6.60. The van der Waals surface area contributed by atoms with Crippen LogP contribution in [0.4, 0.5) is 5.13 Å². The van der Waals surface area contributed by atoms with Crippen LogP contribution in [0, 0.1) is 18.3 Å². The average Bonchev–Trinajstić information content (AvgIpc) is 3.07. The Balaban J connectivity index is 1.78. The Morgan fingerprint density at radius 1 is 1.16 bits per heavy atom. The lowest BCUT2D eigenvalue weighted by molar-refractivity contribution is 0.415. The first-order valence-electron chi connectivity index (χ1n) is 7.60. The van der Waals surface area contributed by atoms with Crippen molar-refractivity contribution >= 4 is 22.7 Å². The van der Waals surface area contributed by atoms with Crippen LogP contribution in [-0.2, 0) is 0 Å². The topological polar surface area (TPSA) is 70.3 Å². The van der Waals surface area contributed by atoms with E-state index < -0.39 is 0 Å². The van der Waals surface area contributed by atoms with Crippen LogP contribution in [0.5, 0.6) is 5.75 Å². The fourth-order valence-electron chi connectivity index (χ4n) is 2.20. The fourth-order valence-corrected chi connectivity index (χ4v) is 2.94. The zero-order chi connectivity index (χ0) is 17.6. The van der Waals surface area contributed by atoms with E-state index in [1.165, 1.54) is 16.9 Å². The Hall–Kier alpha value is -3.17. The van der Waals surface area contributed by atoms with Crippen molar-refractivity contribution in [2.75, 3.05) is 12.5 Å². The van der Waals surface area contributed by atoms with Crippen LogP contribution in [0.2, 0.25) is 0 Å². The van der Waals surface area contributed by atoms with Gasteiger partial charge in [-0.05, 0) is 36.8 Å². The van der Waals surface area contributed by atoms with Gasteiger partial charge in [-0.15, -0.1) is 0 Å². The third kappa shape index (κ3) is 4.03. The van der Waals surface area contributed by atoms with Gasteiger partial charge < -0.3 is 4.74 Å². The minimum atomic E-state index is 0.540. The molecule has 3 rings (SSSR count). The maximum absolute atomic E-state index is 9.35. The Bertz CT molecular complexity index is 922. The fraction of sp³-hybridized carbons (Fsp3) is 0.105. The van der Waals surface area contributed by atoms with Crippen LogP contribution in [0.3, 0.4) is 0 Å². The summed E-state index contributed by atoms with van der Waals surface area (Å²) in [5, 5.41) is 14.1. The summed E-state index contributed by atoms with van der Waals surface area (Å²) in [6, 6.07) is 17.7. The van der Waals surface area contributed by atoms with Gasteiger partial charge in [0.05, 0.1) is 13.3 Å². The van der Waals surface area contributed by atoms with E-state index in [1.807, 2.05) is 55.5 Å². The first kappa shape index (κ1) is 16.7. The maximum atomic E-state index is 9.35. The van der Waals surface area contributed by atoms with Crippen LogP contribution >= 0.6 is 11.3 Å². The van der Waals surface area contributed by atoms with E-state index in [0.29, 0.717) is 15.7 Å². The molecule has 1 N–H and O–H groups in total. The van der Waals surface area contributed by atoms with Gasteiger partial charge >= 0.3 is 0 Å². The number of thiazole rings is 1. The zero-order valence-electron chi connectivity index (χ0n) is 13.9. The molecule has 124 valence electrons. The standard InChI is InChI=1S/C19H16N4OS/c1-13-3-5-14(6-4-13)12-21-23-19-22-18(17(11-20)25-19)15-7-9-16(24-2)10-8-15/h3-10,12H,1-2H3,(H,22,23)/b21-12+. The number of hydrogen-bond donors (Lipinski definition) is 1. The summed E-state index contributed by atoms with van der Waals surface area (Å²) in [6.07, 6.45) is 1.72. The molecule has 2 aromatic carbocycles. The van der Waals surface area contributed by atoms with Crippen LogP contribution in [0.15, 0.2) is 53.6 Å². The largest absolute Gasteiger partial charge is 0.497 e. The van der Waals surface area contributed by atoms with Gasteiger partial charge in [-0.2, -0.15) is 10.4 Å². The molecule has 0 amide bonds. The van der Waals surface area contributed by atoms with Crippen molar-refractivity contribution in [1.82, 2.24) is 4.98 Å². The highest BCUT2D eigenvalue weighted by Crippen LogP contribution is 2.31. The molecule has 0 fully saturated rings. The summed E-state index contributed by atoms with van der Waals surface area (Å²) in [6.45, 7) is 2.04. The highest BCUT2D eigenvalue weighted by molar-refractivity contribution is 7.16. The zero-order valence-corrected chi connectivity index (χ0v) is 14.7. The normalized spacial score (nSPS) is 10.6. The number of hydrogen-bond acceptors (Lipinski definition) is 6. The minimum Gasteiger partial charge on any atom is -0.497 e. The summed E-state index contributed by atoms with van der Waals surface area (Å²) in [7, 11) is 1.62. The number of nitrogens with one attached hydrogen (secondary N) is 1. The Kier molecular flexibility index (Phi) is 5.07. The van der Waals surface area contributed by atoms with Crippen molar-refractivity contribution in [3.05, 3.63) is 64.5 Å². The molecule has 1 aromatic heterocycles. The quantitative estimate of drug-likeness (QED) is 0.546. The number of hydrazone groups is 1. The van der Waals surface area contributed by atoms with Gasteiger partial charge in [0.25, 0.3) is 0 Å². The molecule has 0 radical (unpaired) electrons. The number of anilines is 1. The molecular formula is C19H16N4OS. The number of ether oxygens (including phenoxy) is 1. The first-order chi connectivity index (χ1) is 12.2. The van der Waals surface area contributed by atoms with Gasteiger partial charge in [0.1, 0.15) is 22.4 Å². The average molecular weight is 348 g/mol. The third-order valence-electron chi connectivity index (χ3n) is 3.54. The van der Waals surface area contributed by atoms with E-state index in [0.717, 1.165) is 16.9 Å². The SMILES string of the molecule is COc1ccc(-c2nc(N/N=C/c3ccc(C)cc3)sc2C#N)cc1. The summed E-state index contributed by atoms with van der Waals surface area (Å²) >= 11 is 1.27. The van der Waals surface area contributed by atoms with Gasteiger partial charge in [-0.3, -0.25) is 5.43 Å². The smallest absolute Gasteiger partial charge is 0.205 e. The van der Waals surface area contributed by atoms with Gasteiger partial charge in [0.2, 0.25) is 5.13 Å². The van der Waals surface area contributed by atoms with E-state index in [9.17, 15) is 5.26 Å². The van der Waals surface area contributed by atoms with Gasteiger partial charge in [0, 0.05) is 5.56 Å². The van der Waals surface area contributed by atoms with E-state index in [2.05, 4.69) is 21.6 Å². The molecule has 0 atom stereocenters. The van der Waals surface area contributed by atoms with E-state index in [1.54, 1.807) is 13.3 Å². The number of aromatic nitrogens is 1. The highest BCUT2D eigenvalue weighted by Gasteiger charge is 2.12. The maximum Gasteiger partial charge on any atom is 0.205 e. The second kappa shape index (κ2) is 7.60. The molecule has 0 aliphatic heterocycles. The predicted octanol–water partition coefficient (Wildman–Crippen LogP) is 4.44. The van der Waals surface area contributed by atoms with E-state index in [4.69, 9.17) is 4.74 Å². The van der Waals surface area contributed by atoms with Crippen LogP contribution < -0.4 is 10.2 Å². The van der Waals surface area contributed by atoms with Crippen molar-refractivity contribution in [2.24, 2.45) is 5.10 Å². The summed E-state index contributed by atoms with van der Waals surface area (Å²) in [4.78, 5) is 5.02. The second-order valence-electron chi connectivity index (χ2n) is 5.32. The first-order valence-corrected chi connectivity index (χ1v) is 8.42. The summed E-state index contributed by atoms with van der Waals surface area (Å²) in [5.74, 6) is 0.763. The molecule has 5 nitrogen and oxygen atoms in total. The van der Waals surface area contributed by atoms with E-state index in [-0.39, 0.29) is 0 Å². The molecule has 0 bridgehead atoms. The van der Waals surface area contributed by atoms with Gasteiger partial charge in [-0.1, -0.05) is 41.2 Å². The highest BCUT2D eigenvalue weighted by atomic mass is 32.1. The second-order valence-corrected chi connectivity index (χ2v) is 6.32. The third-order valence-corrected chi connectivity index (χ3v) is 4.41. The van der Waals surface area contributed by atoms with Crippen LogP contribution in [0.25, 0.3) is 11.3 Å². The van der Waals surface area contributed by atoms with Crippen molar-refractivity contribution in [1.29, 1.82) is 5.26 Å². The summed E-state index contributed by atoms with van der Waals surface area (Å²) < 4.78 is 5.16. The molecule has 0 spiro atoms. The molecule has 0 aliphatic carbocycles. The number of aryl methyl sites for hydroxylation is 1. The van der Waals surface area contributed by atoms with Crippen LogP contribution in [-0.4, -0.2) is 18.3 Å². The number of nitriles is 1. The lowest BCUT2D eigenvalue weighted by Crippen LogP contribution is -1.90. The monoisotopic (exact) mass is 348 g/mol. The van der Waals surface area contributed by atoms with E-state index >= 15 is 0 Å². The number of nitrogens with zero attached hydrogens (tertiary/aromatic N) is 3. The minimum absolute atomic E-state index is 0.540. The van der Waals surface area contributed by atoms with Gasteiger partial charge in [0.15, 0.2) is 0 Å². The Morgan fingerprint density at radius 3 is 2.52 bits per heavy atom. The Labute approximate surface area is 150 Å². The predicted molar refractivity (Wildman–Crippen MR) is 101 cm³/mol. The molecular weight excluding hydrogens is 332 g/mol. The van der Waals surface area contributed by atoms with Crippen molar-refractivity contribution in [2.45, 2.75) is 6.92 Å². The van der Waals surface area contributed by atoms with Gasteiger partial charge in [-0.25, -0.2) is 4.98 Å². The number of benzene rings is 2. The van der Waals surface area contributed by atoms with Crippen LogP contribution in [0.1, 0.15) is 16.0 Å². The lowest BCUT2D eigenvalue weighted by atomic mass is 10.1. The number of methoxy groups -OCH3 is 1. The molecule has 3 aromatic rings. The van der Waals surface area contributed by atoms with Crippen molar-refractivity contribution in [3.63, 3.8) is 0 Å². The molecule has 25 heavy (non-hydrogen) atoms. The van der Waals surface area contributed by atoms with Crippen molar-refractivity contribution in [3.8, 4) is 23.1 Å². The lowest BCUT2D eigenvalue weighted by Gasteiger charge is -2.01.